The fourth-order valence-electron chi connectivity index (χ4n) is 1.72. The quantitative estimate of drug-likeness (QED) is 0.517. The van der Waals surface area contributed by atoms with Gasteiger partial charge in [0.25, 0.3) is 5.69 Å². The number of nitrogens with zero attached hydrogens (tertiary/aromatic N) is 1. The third kappa shape index (κ3) is 3.16. The van der Waals surface area contributed by atoms with Gasteiger partial charge in [-0.05, 0) is 11.6 Å². The molecule has 2 aromatic carbocycles. The van der Waals surface area contributed by atoms with Crippen LogP contribution < -0.4 is 0 Å². The van der Waals surface area contributed by atoms with E-state index >= 15 is 0 Å². The molecular formula is C14H11NO4S. The summed E-state index contributed by atoms with van der Waals surface area (Å²) in [6.07, 6.45) is 0. The molecule has 0 unspecified atom stereocenters. The highest BCUT2D eigenvalue weighted by atomic mass is 32.2. The normalized spacial score (nSPS) is 10.2. The second-order valence-corrected chi connectivity index (χ2v) is 4.98. The van der Waals surface area contributed by atoms with E-state index in [0.717, 1.165) is 17.3 Å². The zero-order chi connectivity index (χ0) is 14.5. The molecule has 1 N–H and O–H groups in total. The SMILES string of the molecule is O=C(O)c1cccc([N+](=O)[O-])c1SCc1ccccc1. The summed E-state index contributed by atoms with van der Waals surface area (Å²) in [7, 11) is 0. The fourth-order valence-corrected chi connectivity index (χ4v) is 2.82. The number of carboxylic acid groups (broad SMARTS) is 1. The summed E-state index contributed by atoms with van der Waals surface area (Å²) in [5.41, 5.74) is 0.762. The number of aromatic carboxylic acids is 1. The molecule has 5 nitrogen and oxygen atoms in total. The fraction of sp³-hybridized carbons (Fsp3) is 0.0714. The first-order valence-corrected chi connectivity index (χ1v) is 6.75. The Bertz CT molecular complexity index is 611. The molecule has 0 aliphatic heterocycles. The van der Waals surface area contributed by atoms with Crippen LogP contribution in [0.3, 0.4) is 0 Å². The van der Waals surface area contributed by atoms with Gasteiger partial charge in [-0.2, -0.15) is 0 Å². The molecule has 20 heavy (non-hydrogen) atoms. The van der Waals surface area contributed by atoms with Crippen molar-refractivity contribution in [2.75, 3.05) is 0 Å². The van der Waals surface area contributed by atoms with Crippen molar-refractivity contribution < 1.29 is 14.8 Å². The lowest BCUT2D eigenvalue weighted by molar-refractivity contribution is -0.387. The number of hydrogen-bond acceptors (Lipinski definition) is 4. The van der Waals surface area contributed by atoms with E-state index in [-0.39, 0.29) is 16.1 Å². The molecule has 0 aromatic heterocycles. The molecule has 0 radical (unpaired) electrons. The molecule has 2 aromatic rings. The Morgan fingerprint density at radius 2 is 1.85 bits per heavy atom. The van der Waals surface area contributed by atoms with Gasteiger partial charge in [-0.1, -0.05) is 36.4 Å². The Hall–Kier alpha value is -2.34. The Kier molecular flexibility index (Phi) is 4.37. The van der Waals surface area contributed by atoms with Gasteiger partial charge < -0.3 is 5.11 Å². The Morgan fingerprint density at radius 1 is 1.15 bits per heavy atom. The Balaban J connectivity index is 2.33. The van der Waals surface area contributed by atoms with E-state index in [1.165, 1.54) is 18.2 Å². The number of nitro benzene ring substituents is 1. The molecule has 2 rings (SSSR count). The topological polar surface area (TPSA) is 80.4 Å². The van der Waals surface area contributed by atoms with Crippen LogP contribution >= 0.6 is 11.8 Å². The van der Waals surface area contributed by atoms with Crippen LogP contribution in [0.2, 0.25) is 0 Å². The lowest BCUT2D eigenvalue weighted by Gasteiger charge is -2.06. The van der Waals surface area contributed by atoms with Gasteiger partial charge in [0.15, 0.2) is 0 Å². The summed E-state index contributed by atoms with van der Waals surface area (Å²) in [6.45, 7) is 0. The summed E-state index contributed by atoms with van der Waals surface area (Å²) in [5, 5.41) is 20.1. The number of benzene rings is 2. The molecule has 0 heterocycles. The molecule has 0 atom stereocenters. The van der Waals surface area contributed by atoms with Gasteiger partial charge in [0, 0.05) is 11.8 Å². The van der Waals surface area contributed by atoms with Gasteiger partial charge >= 0.3 is 5.97 Å². The maximum Gasteiger partial charge on any atom is 0.337 e. The minimum absolute atomic E-state index is 0.0415. The van der Waals surface area contributed by atoms with E-state index < -0.39 is 10.9 Å². The van der Waals surface area contributed by atoms with Crippen LogP contribution in [-0.4, -0.2) is 16.0 Å². The van der Waals surface area contributed by atoms with Crippen LogP contribution in [0.25, 0.3) is 0 Å². The van der Waals surface area contributed by atoms with Crippen molar-refractivity contribution in [3.05, 3.63) is 69.8 Å². The first kappa shape index (κ1) is 14.1. The lowest BCUT2D eigenvalue weighted by atomic mass is 10.2. The van der Waals surface area contributed by atoms with Crippen LogP contribution in [0.4, 0.5) is 5.69 Å². The molecule has 0 aliphatic rings. The van der Waals surface area contributed by atoms with E-state index in [0.29, 0.717) is 5.75 Å². The standard InChI is InChI=1S/C14H11NO4S/c16-14(17)11-7-4-8-12(15(18)19)13(11)20-9-10-5-2-1-3-6-10/h1-8H,9H2,(H,16,17). The van der Waals surface area contributed by atoms with E-state index in [1.54, 1.807) is 0 Å². The van der Waals surface area contributed by atoms with E-state index in [9.17, 15) is 14.9 Å². The van der Waals surface area contributed by atoms with Crippen molar-refractivity contribution in [1.82, 2.24) is 0 Å². The second kappa shape index (κ2) is 6.21. The molecule has 6 heteroatoms. The highest BCUT2D eigenvalue weighted by Gasteiger charge is 2.21. The van der Waals surface area contributed by atoms with Crippen LogP contribution in [0.1, 0.15) is 15.9 Å². The summed E-state index contributed by atoms with van der Waals surface area (Å²) >= 11 is 1.16. The zero-order valence-corrected chi connectivity index (χ0v) is 11.2. The summed E-state index contributed by atoms with van der Waals surface area (Å²) in [4.78, 5) is 21.8. The van der Waals surface area contributed by atoms with Gasteiger partial charge in [-0.15, -0.1) is 11.8 Å². The average Bonchev–Trinajstić information content (AvgIpc) is 2.45. The molecule has 0 saturated heterocycles. The van der Waals surface area contributed by atoms with Crippen LogP contribution in [-0.2, 0) is 5.75 Å². The minimum atomic E-state index is -1.16. The largest absolute Gasteiger partial charge is 0.478 e. The van der Waals surface area contributed by atoms with Gasteiger partial charge in [0.05, 0.1) is 10.5 Å². The molecule has 0 amide bonds. The van der Waals surface area contributed by atoms with E-state index in [2.05, 4.69) is 0 Å². The molecule has 102 valence electrons. The molecule has 0 aliphatic carbocycles. The molecule has 0 spiro atoms. The van der Waals surface area contributed by atoms with Crippen molar-refractivity contribution >= 4 is 23.4 Å². The first-order chi connectivity index (χ1) is 9.59. The Labute approximate surface area is 119 Å². The number of thioether (sulfide) groups is 1. The predicted molar refractivity (Wildman–Crippen MR) is 76.1 cm³/mol. The van der Waals surface area contributed by atoms with Crippen LogP contribution in [0.5, 0.6) is 0 Å². The predicted octanol–water partition coefficient (Wildman–Crippen LogP) is 3.59. The lowest BCUT2D eigenvalue weighted by Crippen LogP contribution is -2.02. The van der Waals surface area contributed by atoms with Gasteiger partial charge in [0.2, 0.25) is 0 Å². The van der Waals surface area contributed by atoms with Crippen molar-refractivity contribution in [1.29, 1.82) is 0 Å². The smallest absolute Gasteiger partial charge is 0.337 e. The maximum absolute atomic E-state index is 11.2. The van der Waals surface area contributed by atoms with Gasteiger partial charge in [-0.3, -0.25) is 10.1 Å². The number of carboxylic acids is 1. The number of nitro groups is 1. The Morgan fingerprint density at radius 3 is 2.45 bits per heavy atom. The average molecular weight is 289 g/mol. The summed E-state index contributed by atoms with van der Waals surface area (Å²) in [5.74, 6) is -0.685. The van der Waals surface area contributed by atoms with Crippen molar-refractivity contribution in [2.24, 2.45) is 0 Å². The molecule has 0 bridgehead atoms. The monoisotopic (exact) mass is 289 g/mol. The van der Waals surface area contributed by atoms with Crippen molar-refractivity contribution in [2.45, 2.75) is 10.6 Å². The van der Waals surface area contributed by atoms with Crippen LogP contribution in [0, 0.1) is 10.1 Å². The first-order valence-electron chi connectivity index (χ1n) is 5.77. The second-order valence-electron chi connectivity index (χ2n) is 3.99. The third-order valence-corrected chi connectivity index (χ3v) is 3.84. The molecular weight excluding hydrogens is 278 g/mol. The van der Waals surface area contributed by atoms with Crippen LogP contribution in [0.15, 0.2) is 53.4 Å². The van der Waals surface area contributed by atoms with Gasteiger partial charge in [0.1, 0.15) is 4.90 Å². The molecule has 0 saturated carbocycles. The zero-order valence-electron chi connectivity index (χ0n) is 10.4. The number of carbonyl (C=O) groups is 1. The molecule has 0 fully saturated rings. The van der Waals surface area contributed by atoms with Crippen molar-refractivity contribution in [3.63, 3.8) is 0 Å². The summed E-state index contributed by atoms with van der Waals surface area (Å²) in [6, 6.07) is 13.5. The third-order valence-electron chi connectivity index (χ3n) is 2.65. The van der Waals surface area contributed by atoms with Crippen molar-refractivity contribution in [3.8, 4) is 0 Å². The van der Waals surface area contributed by atoms with E-state index in [4.69, 9.17) is 5.11 Å². The maximum atomic E-state index is 11.2. The summed E-state index contributed by atoms with van der Waals surface area (Å²) < 4.78 is 0. The number of rotatable bonds is 5. The minimum Gasteiger partial charge on any atom is -0.478 e. The highest BCUT2D eigenvalue weighted by molar-refractivity contribution is 7.98. The highest BCUT2D eigenvalue weighted by Crippen LogP contribution is 2.34. The van der Waals surface area contributed by atoms with E-state index in [1.807, 2.05) is 30.3 Å². The number of hydrogen-bond donors (Lipinski definition) is 1. The van der Waals surface area contributed by atoms with Gasteiger partial charge in [-0.25, -0.2) is 4.79 Å².